The lowest BCUT2D eigenvalue weighted by atomic mass is 10.1. The summed E-state index contributed by atoms with van der Waals surface area (Å²) in [4.78, 5) is -1.04. The fourth-order valence-electron chi connectivity index (χ4n) is 1.25. The maximum absolute atomic E-state index is 10.7. The second kappa shape index (κ2) is 8.25. The fourth-order valence-corrected chi connectivity index (χ4v) is 1.43. The van der Waals surface area contributed by atoms with Crippen molar-refractivity contribution >= 4 is 11.1 Å². The minimum atomic E-state index is -2.16. The van der Waals surface area contributed by atoms with Crippen molar-refractivity contribution in [3.8, 4) is 0 Å². The maximum Gasteiger partial charge on any atom is 0.124 e. The van der Waals surface area contributed by atoms with Crippen LogP contribution in [0, 0.1) is 0 Å². The van der Waals surface area contributed by atoms with Crippen LogP contribution in [-0.2, 0) is 15.8 Å². The summed E-state index contributed by atoms with van der Waals surface area (Å²) >= 11 is -2.16. The molecule has 0 amide bonds. The van der Waals surface area contributed by atoms with E-state index < -0.39 is 16.0 Å². The first-order valence-corrected chi connectivity index (χ1v) is 6.81. The Morgan fingerprint density at radius 1 is 1.13 bits per heavy atom. The summed E-state index contributed by atoms with van der Waals surface area (Å²) in [5, 5.41) is 0. The van der Waals surface area contributed by atoms with E-state index in [9.17, 15) is 8.76 Å². The van der Waals surface area contributed by atoms with Crippen molar-refractivity contribution < 1.29 is 13.5 Å². The van der Waals surface area contributed by atoms with Crippen molar-refractivity contribution in [3.05, 3.63) is 0 Å². The third kappa shape index (κ3) is 7.94. The molecule has 0 aromatic carbocycles. The van der Waals surface area contributed by atoms with Crippen molar-refractivity contribution in [2.24, 2.45) is 0 Å². The lowest BCUT2D eigenvalue weighted by Crippen LogP contribution is -2.30. The second-order valence-electron chi connectivity index (χ2n) is 4.25. The molecule has 0 heterocycles. The van der Waals surface area contributed by atoms with E-state index >= 15 is 0 Å². The van der Waals surface area contributed by atoms with Crippen LogP contribution in [-0.4, -0.2) is 20.3 Å². The normalized spacial score (nSPS) is 14.1. The molecular weight excluding hydrogens is 212 g/mol. The Bertz CT molecular complexity index is 181. The molecule has 0 rings (SSSR count). The molecule has 15 heavy (non-hydrogen) atoms. The Balaban J connectivity index is 3.35. The molecule has 0 saturated carbocycles. The van der Waals surface area contributed by atoms with Gasteiger partial charge < -0.3 is 9.29 Å². The largest absolute Gasteiger partial charge is 0.770 e. The summed E-state index contributed by atoms with van der Waals surface area (Å²) in [6.45, 7) is 5.88. The van der Waals surface area contributed by atoms with Crippen LogP contribution < -0.4 is 0 Å². The number of unbranched alkanes of at least 4 members (excludes halogenated alkanes) is 5. The van der Waals surface area contributed by atoms with E-state index in [1.54, 1.807) is 13.8 Å². The summed E-state index contributed by atoms with van der Waals surface area (Å²) in [6.07, 6.45) is 7.10. The maximum atomic E-state index is 10.7. The zero-order valence-corrected chi connectivity index (χ0v) is 10.9. The van der Waals surface area contributed by atoms with Crippen LogP contribution in [0.2, 0.25) is 0 Å². The van der Waals surface area contributed by atoms with E-state index in [1.165, 1.54) is 25.7 Å². The highest BCUT2D eigenvalue weighted by molar-refractivity contribution is 7.80. The Labute approximate surface area is 95.9 Å². The summed E-state index contributed by atoms with van der Waals surface area (Å²) in [5.41, 5.74) is 0. The smallest absolute Gasteiger partial charge is 0.124 e. The van der Waals surface area contributed by atoms with Crippen LogP contribution in [0.15, 0.2) is 0 Å². The first kappa shape index (κ1) is 15.1. The molecular formula is C11H23O3S-. The Morgan fingerprint density at radius 3 is 2.20 bits per heavy atom. The third-order valence-electron chi connectivity index (χ3n) is 2.35. The summed E-state index contributed by atoms with van der Waals surface area (Å²) in [7, 11) is 0. The van der Waals surface area contributed by atoms with Gasteiger partial charge in [-0.3, -0.25) is 4.21 Å². The molecule has 0 saturated heterocycles. The van der Waals surface area contributed by atoms with Gasteiger partial charge in [0, 0.05) is 6.61 Å². The number of hydrogen-bond acceptors (Lipinski definition) is 3. The van der Waals surface area contributed by atoms with Gasteiger partial charge in [-0.2, -0.15) is 0 Å². The van der Waals surface area contributed by atoms with E-state index in [1.807, 2.05) is 0 Å². The fraction of sp³-hybridized carbons (Fsp3) is 1.00. The van der Waals surface area contributed by atoms with Gasteiger partial charge in [-0.25, -0.2) is 0 Å². The van der Waals surface area contributed by atoms with Gasteiger partial charge in [-0.05, 0) is 31.3 Å². The lowest BCUT2D eigenvalue weighted by molar-refractivity contribution is 0.0402. The minimum absolute atomic E-state index is 0.535. The summed E-state index contributed by atoms with van der Waals surface area (Å²) < 4.78 is 26.7. The predicted octanol–water partition coefficient (Wildman–Crippen LogP) is 2.98. The van der Waals surface area contributed by atoms with Crippen LogP contribution in [0.5, 0.6) is 0 Å². The molecule has 0 aromatic rings. The average Bonchev–Trinajstić information content (AvgIpc) is 2.16. The average molecular weight is 235 g/mol. The second-order valence-corrected chi connectivity index (χ2v) is 5.70. The summed E-state index contributed by atoms with van der Waals surface area (Å²) in [6, 6.07) is 0. The van der Waals surface area contributed by atoms with Crippen molar-refractivity contribution in [3.63, 3.8) is 0 Å². The van der Waals surface area contributed by atoms with Crippen molar-refractivity contribution in [1.29, 1.82) is 0 Å². The molecule has 0 aliphatic heterocycles. The van der Waals surface area contributed by atoms with Crippen LogP contribution in [0.1, 0.15) is 59.3 Å². The summed E-state index contributed by atoms with van der Waals surface area (Å²) in [5.74, 6) is 0. The first-order valence-electron chi connectivity index (χ1n) is 5.74. The molecule has 0 fully saturated rings. The first-order chi connectivity index (χ1) is 7.00. The quantitative estimate of drug-likeness (QED) is 0.456. The number of ether oxygens (including phenoxy) is 1. The lowest BCUT2D eigenvalue weighted by Gasteiger charge is -2.27. The molecule has 4 heteroatoms. The van der Waals surface area contributed by atoms with Crippen LogP contribution in [0.25, 0.3) is 0 Å². The molecule has 0 aliphatic rings. The predicted molar refractivity (Wildman–Crippen MR) is 62.3 cm³/mol. The molecule has 1 atom stereocenters. The van der Waals surface area contributed by atoms with Gasteiger partial charge in [-0.1, -0.05) is 39.0 Å². The highest BCUT2D eigenvalue weighted by atomic mass is 32.2. The SMILES string of the molecule is CCCCCCCCOC(C)(C)S(=O)[O-]. The van der Waals surface area contributed by atoms with Gasteiger partial charge in [0.2, 0.25) is 0 Å². The van der Waals surface area contributed by atoms with Gasteiger partial charge in [-0.15, -0.1) is 0 Å². The molecule has 0 bridgehead atoms. The molecule has 3 nitrogen and oxygen atoms in total. The highest BCUT2D eigenvalue weighted by Gasteiger charge is 2.18. The van der Waals surface area contributed by atoms with E-state index in [0.717, 1.165) is 12.8 Å². The van der Waals surface area contributed by atoms with E-state index in [-0.39, 0.29) is 0 Å². The van der Waals surface area contributed by atoms with E-state index in [4.69, 9.17) is 4.74 Å². The van der Waals surface area contributed by atoms with Crippen molar-refractivity contribution in [1.82, 2.24) is 0 Å². The Morgan fingerprint density at radius 2 is 1.67 bits per heavy atom. The van der Waals surface area contributed by atoms with Crippen LogP contribution in [0.4, 0.5) is 0 Å². The minimum Gasteiger partial charge on any atom is -0.770 e. The number of hydrogen-bond donors (Lipinski definition) is 0. The van der Waals surface area contributed by atoms with Gasteiger partial charge >= 0.3 is 0 Å². The molecule has 0 N–H and O–H groups in total. The van der Waals surface area contributed by atoms with Crippen molar-refractivity contribution in [2.75, 3.05) is 6.61 Å². The van der Waals surface area contributed by atoms with Crippen LogP contribution >= 0.6 is 0 Å². The van der Waals surface area contributed by atoms with E-state index in [2.05, 4.69) is 6.92 Å². The Kier molecular flexibility index (Phi) is 8.29. The molecule has 0 aliphatic carbocycles. The highest BCUT2D eigenvalue weighted by Crippen LogP contribution is 2.14. The molecule has 0 aromatic heterocycles. The molecule has 1 unspecified atom stereocenters. The van der Waals surface area contributed by atoms with Crippen LogP contribution in [0.3, 0.4) is 0 Å². The topological polar surface area (TPSA) is 49.4 Å². The van der Waals surface area contributed by atoms with E-state index in [0.29, 0.717) is 6.61 Å². The van der Waals surface area contributed by atoms with Gasteiger partial charge in [0.25, 0.3) is 0 Å². The van der Waals surface area contributed by atoms with Gasteiger partial charge in [0.15, 0.2) is 0 Å². The number of rotatable bonds is 9. The third-order valence-corrected chi connectivity index (χ3v) is 3.27. The van der Waals surface area contributed by atoms with Crippen molar-refractivity contribution in [2.45, 2.75) is 64.2 Å². The monoisotopic (exact) mass is 235 g/mol. The van der Waals surface area contributed by atoms with Gasteiger partial charge in [0.1, 0.15) is 4.93 Å². The molecule has 0 spiro atoms. The Hall–Kier alpha value is 0.0700. The molecule has 0 radical (unpaired) electrons. The standard InChI is InChI=1S/C11H24O3S/c1-4-5-6-7-8-9-10-14-11(2,3)15(12)13/h4-10H2,1-3H3,(H,12,13)/p-1. The zero-order valence-electron chi connectivity index (χ0n) is 10.1. The van der Waals surface area contributed by atoms with Gasteiger partial charge in [0.05, 0.1) is 0 Å². The zero-order chi connectivity index (χ0) is 11.7. The molecule has 92 valence electrons.